The minimum atomic E-state index is -0.530. The van der Waals surface area contributed by atoms with Gasteiger partial charge >= 0.3 is 0 Å². The number of hydrogen-bond donors (Lipinski definition) is 3. The second-order valence-electron chi connectivity index (χ2n) is 12.2. The zero-order valence-corrected chi connectivity index (χ0v) is 25.4. The summed E-state index contributed by atoms with van der Waals surface area (Å²) in [6, 6.07) is 6.53. The Labute approximate surface area is 241 Å². The first-order valence-electron chi connectivity index (χ1n) is 14.5. The van der Waals surface area contributed by atoms with Crippen LogP contribution in [0, 0.1) is 25.7 Å². The molecule has 3 aromatic rings. The van der Waals surface area contributed by atoms with Gasteiger partial charge in [0.25, 0.3) is 11.5 Å². The van der Waals surface area contributed by atoms with Gasteiger partial charge in [0.05, 0.1) is 11.2 Å². The van der Waals surface area contributed by atoms with Gasteiger partial charge in [0.1, 0.15) is 5.65 Å². The summed E-state index contributed by atoms with van der Waals surface area (Å²) in [6.07, 6.45) is 8.22. The third-order valence-corrected chi connectivity index (χ3v) is 10.3. The number of hydrogen-bond acceptors (Lipinski definition) is 6. The molecule has 1 amide bonds. The third kappa shape index (κ3) is 5.23. The average molecular weight is 566 g/mol. The molecule has 9 heteroatoms. The lowest BCUT2D eigenvalue weighted by atomic mass is 9.77. The molecule has 1 saturated heterocycles. The van der Waals surface area contributed by atoms with E-state index in [4.69, 9.17) is 4.98 Å². The topological polar surface area (TPSA) is 103 Å². The highest BCUT2D eigenvalue weighted by Gasteiger charge is 2.46. The number of aryl methyl sites for hydroxylation is 1. The number of likely N-dealkylation sites (tertiary alicyclic amines) is 1. The number of H-pyrrole nitrogens is 1. The molecule has 0 spiro atoms. The van der Waals surface area contributed by atoms with Crippen molar-refractivity contribution in [1.29, 1.82) is 0 Å². The maximum atomic E-state index is 13.6. The first-order chi connectivity index (χ1) is 19.0. The SMILES string of the molecule is CSc1cc(C)[nH]c(=O)c1CNC(=O)c1c(C)n([C@H](C)C2CCC(N3CC(O)(C(C)C)C3)CC2)c2ncccc12. The van der Waals surface area contributed by atoms with Crippen molar-refractivity contribution in [2.24, 2.45) is 11.8 Å². The first kappa shape index (κ1) is 28.9. The van der Waals surface area contributed by atoms with E-state index in [-0.39, 0.29) is 30.0 Å². The Kier molecular flexibility index (Phi) is 8.19. The van der Waals surface area contributed by atoms with Gasteiger partial charge in [-0.1, -0.05) is 13.8 Å². The number of pyridine rings is 2. The number of amides is 1. The van der Waals surface area contributed by atoms with Crippen molar-refractivity contribution in [3.8, 4) is 0 Å². The fraction of sp³-hybridized carbons (Fsp3) is 0.581. The number of nitrogens with zero attached hydrogens (tertiary/aromatic N) is 3. The molecule has 4 heterocycles. The molecular weight excluding hydrogens is 522 g/mol. The predicted molar refractivity (Wildman–Crippen MR) is 161 cm³/mol. The Bertz CT molecular complexity index is 1450. The number of carbonyl (C=O) groups is 1. The van der Waals surface area contributed by atoms with Crippen LogP contribution in [0.4, 0.5) is 0 Å². The zero-order valence-electron chi connectivity index (χ0n) is 24.6. The minimum Gasteiger partial charge on any atom is -0.387 e. The number of nitrogens with one attached hydrogen (secondary N) is 2. The number of aliphatic hydroxyl groups is 1. The summed E-state index contributed by atoms with van der Waals surface area (Å²) in [5, 5.41) is 14.6. The minimum absolute atomic E-state index is 0.165. The van der Waals surface area contributed by atoms with Gasteiger partial charge in [0.15, 0.2) is 0 Å². The normalized spacial score (nSPS) is 21.9. The molecule has 2 fully saturated rings. The maximum absolute atomic E-state index is 13.6. The number of aromatic nitrogens is 3. The van der Waals surface area contributed by atoms with E-state index in [1.54, 1.807) is 6.20 Å². The van der Waals surface area contributed by atoms with Crippen LogP contribution >= 0.6 is 11.8 Å². The van der Waals surface area contributed by atoms with Crippen molar-refractivity contribution < 1.29 is 9.90 Å². The van der Waals surface area contributed by atoms with Crippen LogP contribution in [0.1, 0.15) is 79.8 Å². The molecule has 1 saturated carbocycles. The Morgan fingerprint density at radius 1 is 1.23 bits per heavy atom. The smallest absolute Gasteiger partial charge is 0.254 e. The van der Waals surface area contributed by atoms with Crippen LogP contribution in [-0.4, -0.2) is 61.4 Å². The molecule has 1 aliphatic heterocycles. The molecule has 1 aliphatic carbocycles. The Hall–Kier alpha value is -2.62. The molecule has 0 unspecified atom stereocenters. The van der Waals surface area contributed by atoms with Gasteiger partial charge < -0.3 is 20.0 Å². The van der Waals surface area contributed by atoms with Crippen LogP contribution in [-0.2, 0) is 6.54 Å². The van der Waals surface area contributed by atoms with Crippen molar-refractivity contribution in [2.75, 3.05) is 19.3 Å². The highest BCUT2D eigenvalue weighted by atomic mass is 32.2. The molecule has 1 atom stereocenters. The van der Waals surface area contributed by atoms with E-state index in [0.29, 0.717) is 23.1 Å². The summed E-state index contributed by atoms with van der Waals surface area (Å²) in [4.78, 5) is 37.1. The number of β-amino-alcohol motifs (C(OH)–C–C–N with tert-alkyl or cyclic N) is 1. The molecule has 5 rings (SSSR count). The van der Waals surface area contributed by atoms with Crippen molar-refractivity contribution in [1.82, 2.24) is 24.8 Å². The Morgan fingerprint density at radius 3 is 2.58 bits per heavy atom. The molecule has 0 bridgehead atoms. The second kappa shape index (κ2) is 11.3. The number of rotatable bonds is 8. The quantitative estimate of drug-likeness (QED) is 0.339. The summed E-state index contributed by atoms with van der Waals surface area (Å²) in [5.41, 5.74) is 3.06. The van der Waals surface area contributed by atoms with Crippen LogP contribution in [0.3, 0.4) is 0 Å². The van der Waals surface area contributed by atoms with Gasteiger partial charge in [0, 0.05) is 65.1 Å². The van der Waals surface area contributed by atoms with E-state index in [9.17, 15) is 14.7 Å². The number of thioether (sulfide) groups is 1. The fourth-order valence-corrected chi connectivity index (χ4v) is 7.48. The average Bonchev–Trinajstić information content (AvgIpc) is 3.21. The molecule has 0 aromatic carbocycles. The van der Waals surface area contributed by atoms with Gasteiger partial charge in [-0.25, -0.2) is 4.98 Å². The van der Waals surface area contributed by atoms with Crippen molar-refractivity contribution >= 4 is 28.7 Å². The molecular formula is C31H43N5O3S. The Morgan fingerprint density at radius 2 is 1.93 bits per heavy atom. The molecule has 3 N–H and O–H groups in total. The van der Waals surface area contributed by atoms with Gasteiger partial charge in [-0.3, -0.25) is 14.5 Å². The van der Waals surface area contributed by atoms with Crippen LogP contribution in [0.25, 0.3) is 11.0 Å². The van der Waals surface area contributed by atoms with Crippen LogP contribution < -0.4 is 10.9 Å². The van der Waals surface area contributed by atoms with E-state index >= 15 is 0 Å². The largest absolute Gasteiger partial charge is 0.387 e. The summed E-state index contributed by atoms with van der Waals surface area (Å²) in [7, 11) is 0. The van der Waals surface area contributed by atoms with Crippen molar-refractivity contribution in [3.05, 3.63) is 57.3 Å². The summed E-state index contributed by atoms with van der Waals surface area (Å²) in [6.45, 7) is 12.1. The molecule has 3 aromatic heterocycles. The summed E-state index contributed by atoms with van der Waals surface area (Å²) in [5.74, 6) is 0.589. The molecule has 0 radical (unpaired) electrons. The number of carbonyl (C=O) groups excluding carboxylic acids is 1. The lowest BCUT2D eigenvalue weighted by Gasteiger charge is -2.53. The van der Waals surface area contributed by atoms with Gasteiger partial charge in [-0.05, 0) is 82.7 Å². The van der Waals surface area contributed by atoms with Gasteiger partial charge in [-0.15, -0.1) is 11.8 Å². The highest BCUT2D eigenvalue weighted by molar-refractivity contribution is 7.98. The predicted octanol–water partition coefficient (Wildman–Crippen LogP) is 4.82. The zero-order chi connectivity index (χ0) is 28.8. The van der Waals surface area contributed by atoms with Gasteiger partial charge in [0.2, 0.25) is 0 Å². The summed E-state index contributed by atoms with van der Waals surface area (Å²) < 4.78 is 2.25. The van der Waals surface area contributed by atoms with Crippen molar-refractivity contribution in [3.63, 3.8) is 0 Å². The second-order valence-corrected chi connectivity index (χ2v) is 13.0. The number of fused-ring (bicyclic) bond motifs is 1. The third-order valence-electron chi connectivity index (χ3n) is 9.49. The van der Waals surface area contributed by atoms with Gasteiger partial charge in [-0.2, -0.15) is 0 Å². The van der Waals surface area contributed by atoms with Crippen LogP contribution in [0.5, 0.6) is 0 Å². The standard InChI is InChI=1S/C31H43N5O3S/c1-18(2)31(39)16-35(17-31)23-11-9-22(10-12-23)20(4)36-21(5)27(24-8-7-13-32-28(24)36)30(38)33-15-25-26(40-6)14-19(3)34-29(25)37/h7-8,13-14,18,20,22-23,39H,9-12,15-17H2,1-6H3,(H,33,38)(H,34,37)/t20-,22?,23?/m1/s1. The monoisotopic (exact) mass is 565 g/mol. The molecule has 8 nitrogen and oxygen atoms in total. The maximum Gasteiger partial charge on any atom is 0.254 e. The molecule has 216 valence electrons. The molecule has 2 aliphatic rings. The van der Waals surface area contributed by atoms with Crippen molar-refractivity contribution in [2.45, 2.75) is 89.4 Å². The summed E-state index contributed by atoms with van der Waals surface area (Å²) >= 11 is 1.51. The Balaban J connectivity index is 1.32. The number of aromatic amines is 1. The van der Waals surface area contributed by atoms with E-state index in [1.165, 1.54) is 11.8 Å². The van der Waals surface area contributed by atoms with E-state index in [1.807, 2.05) is 38.3 Å². The highest BCUT2D eigenvalue weighted by Crippen LogP contribution is 2.41. The lowest BCUT2D eigenvalue weighted by molar-refractivity contribution is -0.147. The van der Waals surface area contributed by atoms with E-state index in [0.717, 1.165) is 66.1 Å². The van der Waals surface area contributed by atoms with E-state index in [2.05, 4.69) is 40.5 Å². The first-order valence-corrected chi connectivity index (χ1v) is 15.7. The fourth-order valence-electron chi connectivity index (χ4n) is 6.78. The van der Waals surface area contributed by atoms with E-state index < -0.39 is 5.60 Å². The molecule has 40 heavy (non-hydrogen) atoms. The lowest BCUT2D eigenvalue weighted by Crippen LogP contribution is -2.67. The van der Waals surface area contributed by atoms with Crippen LogP contribution in [0.2, 0.25) is 0 Å². The van der Waals surface area contributed by atoms with Crippen LogP contribution in [0.15, 0.2) is 34.1 Å².